The number of methoxy groups -OCH3 is 1. The molecule has 0 spiro atoms. The van der Waals surface area contributed by atoms with Crippen molar-refractivity contribution in [2.24, 2.45) is 0 Å². The summed E-state index contributed by atoms with van der Waals surface area (Å²) in [5.74, 6) is -0.562. The molecule has 16 heavy (non-hydrogen) atoms. The first-order chi connectivity index (χ1) is 7.49. The molecule has 0 aromatic rings. The number of carbonyl (C=O) groups is 1. The Kier molecular flexibility index (Phi) is 4.73. The van der Waals surface area contributed by atoms with Crippen molar-refractivity contribution in [2.45, 2.75) is 37.0 Å². The first kappa shape index (κ1) is 13.4. The molecule has 5 nitrogen and oxygen atoms in total. The summed E-state index contributed by atoms with van der Waals surface area (Å²) in [5, 5.41) is 2.79. The van der Waals surface area contributed by atoms with Gasteiger partial charge in [0.2, 0.25) is 0 Å². The number of hydrogen-bond acceptors (Lipinski definition) is 5. The number of nitrogens with one attached hydrogen (secondary N) is 1. The van der Waals surface area contributed by atoms with Crippen LogP contribution in [0.3, 0.4) is 0 Å². The second-order valence-electron chi connectivity index (χ2n) is 4.11. The average molecular weight is 249 g/mol. The van der Waals surface area contributed by atoms with E-state index in [0.717, 1.165) is 6.42 Å². The summed E-state index contributed by atoms with van der Waals surface area (Å²) in [4.78, 5) is 10.9. The Balaban J connectivity index is 2.49. The van der Waals surface area contributed by atoms with E-state index in [1.807, 2.05) is 7.05 Å². The van der Waals surface area contributed by atoms with Crippen molar-refractivity contribution in [3.05, 3.63) is 0 Å². The third-order valence-corrected chi connectivity index (χ3v) is 5.34. The summed E-state index contributed by atoms with van der Waals surface area (Å²) in [7, 11) is -0.0422. The van der Waals surface area contributed by atoms with Gasteiger partial charge in [-0.05, 0) is 26.3 Å². The van der Waals surface area contributed by atoms with Crippen LogP contribution < -0.4 is 5.32 Å². The standard InChI is InChI=1S/C10H19NO4S/c1-11-8-3-4-9(7-8)16(13,14)6-5-10(12)15-2/h8-9,11H,3-7H2,1-2H3. The lowest BCUT2D eigenvalue weighted by molar-refractivity contribution is -0.140. The highest BCUT2D eigenvalue weighted by Gasteiger charge is 2.33. The third kappa shape index (κ3) is 3.45. The van der Waals surface area contributed by atoms with Crippen molar-refractivity contribution in [3.63, 3.8) is 0 Å². The summed E-state index contributed by atoms with van der Waals surface area (Å²) in [6.07, 6.45) is 2.19. The molecule has 0 radical (unpaired) electrons. The Morgan fingerprint density at radius 1 is 1.44 bits per heavy atom. The van der Waals surface area contributed by atoms with Crippen molar-refractivity contribution in [3.8, 4) is 0 Å². The minimum atomic E-state index is -3.15. The van der Waals surface area contributed by atoms with Gasteiger partial charge in [-0.3, -0.25) is 4.79 Å². The molecule has 0 saturated heterocycles. The zero-order valence-corrected chi connectivity index (χ0v) is 10.5. The van der Waals surface area contributed by atoms with E-state index in [0.29, 0.717) is 12.8 Å². The zero-order chi connectivity index (χ0) is 12.2. The van der Waals surface area contributed by atoms with Crippen molar-refractivity contribution < 1.29 is 17.9 Å². The van der Waals surface area contributed by atoms with Gasteiger partial charge in [-0.2, -0.15) is 0 Å². The Bertz CT molecular complexity index is 339. The lowest BCUT2D eigenvalue weighted by atomic mass is 10.3. The van der Waals surface area contributed by atoms with Gasteiger partial charge in [-0.25, -0.2) is 8.42 Å². The Morgan fingerprint density at radius 3 is 2.62 bits per heavy atom. The molecular weight excluding hydrogens is 230 g/mol. The topological polar surface area (TPSA) is 72.5 Å². The molecule has 94 valence electrons. The molecule has 0 amide bonds. The molecule has 0 aromatic carbocycles. The van der Waals surface area contributed by atoms with E-state index in [1.54, 1.807) is 0 Å². The van der Waals surface area contributed by atoms with Gasteiger partial charge in [0.15, 0.2) is 9.84 Å². The van der Waals surface area contributed by atoms with E-state index in [2.05, 4.69) is 10.1 Å². The van der Waals surface area contributed by atoms with Crippen molar-refractivity contribution in [2.75, 3.05) is 19.9 Å². The van der Waals surface area contributed by atoms with Gasteiger partial charge in [0.1, 0.15) is 0 Å². The number of sulfone groups is 1. The smallest absolute Gasteiger partial charge is 0.306 e. The summed E-state index contributed by atoms with van der Waals surface area (Å²) in [5.41, 5.74) is 0. The Morgan fingerprint density at radius 2 is 2.12 bits per heavy atom. The molecule has 1 saturated carbocycles. The van der Waals surface area contributed by atoms with E-state index in [1.165, 1.54) is 7.11 Å². The molecule has 0 aromatic heterocycles. The monoisotopic (exact) mass is 249 g/mol. The van der Waals surface area contributed by atoms with Crippen molar-refractivity contribution in [1.82, 2.24) is 5.32 Å². The Labute approximate surface area is 96.5 Å². The van der Waals surface area contributed by atoms with Gasteiger partial charge >= 0.3 is 5.97 Å². The van der Waals surface area contributed by atoms with Crippen LogP contribution in [0.25, 0.3) is 0 Å². The molecule has 2 atom stereocenters. The lowest BCUT2D eigenvalue weighted by Crippen LogP contribution is -2.27. The predicted molar refractivity (Wildman–Crippen MR) is 60.9 cm³/mol. The van der Waals surface area contributed by atoms with Crippen molar-refractivity contribution in [1.29, 1.82) is 0 Å². The molecule has 0 heterocycles. The minimum Gasteiger partial charge on any atom is -0.469 e. The summed E-state index contributed by atoms with van der Waals surface area (Å²) < 4.78 is 28.2. The van der Waals surface area contributed by atoms with Gasteiger partial charge in [-0.15, -0.1) is 0 Å². The number of ether oxygens (including phenoxy) is 1. The first-order valence-corrected chi connectivity index (χ1v) is 7.16. The number of rotatable bonds is 5. The molecule has 1 aliphatic carbocycles. The van der Waals surface area contributed by atoms with E-state index in [9.17, 15) is 13.2 Å². The van der Waals surface area contributed by atoms with Crippen LogP contribution in [0.1, 0.15) is 25.7 Å². The SMILES string of the molecule is CNC1CCC(S(=O)(=O)CCC(=O)OC)C1. The molecule has 0 bridgehead atoms. The fraction of sp³-hybridized carbons (Fsp3) is 0.900. The number of esters is 1. The second-order valence-corrected chi connectivity index (χ2v) is 6.51. The lowest BCUT2D eigenvalue weighted by Gasteiger charge is -2.11. The molecule has 1 aliphatic rings. The summed E-state index contributed by atoms with van der Waals surface area (Å²) in [6.45, 7) is 0. The number of carbonyl (C=O) groups excluding carboxylic acids is 1. The van der Waals surface area contributed by atoms with Crippen LogP contribution in [0.15, 0.2) is 0 Å². The van der Waals surface area contributed by atoms with Gasteiger partial charge in [0.05, 0.1) is 24.5 Å². The highest BCUT2D eigenvalue weighted by Crippen LogP contribution is 2.26. The van der Waals surface area contributed by atoms with E-state index < -0.39 is 15.8 Å². The van der Waals surface area contributed by atoms with Gasteiger partial charge in [0, 0.05) is 6.04 Å². The maximum atomic E-state index is 11.9. The van der Waals surface area contributed by atoms with Gasteiger partial charge < -0.3 is 10.1 Å². The second kappa shape index (κ2) is 5.63. The van der Waals surface area contributed by atoms with E-state index in [-0.39, 0.29) is 23.5 Å². The molecule has 1 N–H and O–H groups in total. The minimum absolute atomic E-state index is 0.0421. The maximum Gasteiger partial charge on any atom is 0.306 e. The van der Waals surface area contributed by atoms with Crippen LogP contribution in [-0.2, 0) is 19.4 Å². The molecule has 6 heteroatoms. The molecular formula is C10H19NO4S. The summed E-state index contributed by atoms with van der Waals surface area (Å²) >= 11 is 0. The average Bonchev–Trinajstić information content (AvgIpc) is 2.75. The van der Waals surface area contributed by atoms with Gasteiger partial charge in [-0.1, -0.05) is 0 Å². The first-order valence-electron chi connectivity index (χ1n) is 5.45. The van der Waals surface area contributed by atoms with Crippen LogP contribution in [0.4, 0.5) is 0 Å². The van der Waals surface area contributed by atoms with Crippen LogP contribution in [0, 0.1) is 0 Å². The quantitative estimate of drug-likeness (QED) is 0.700. The maximum absolute atomic E-state index is 11.9. The molecule has 2 unspecified atom stereocenters. The molecule has 0 aliphatic heterocycles. The van der Waals surface area contributed by atoms with Gasteiger partial charge in [0.25, 0.3) is 0 Å². The molecule has 1 fully saturated rings. The molecule has 1 rings (SSSR count). The van der Waals surface area contributed by atoms with Crippen LogP contribution in [0.2, 0.25) is 0 Å². The Hall–Kier alpha value is -0.620. The predicted octanol–water partition coefficient (Wildman–Crippen LogP) is 0.105. The zero-order valence-electron chi connectivity index (χ0n) is 9.73. The largest absolute Gasteiger partial charge is 0.469 e. The van der Waals surface area contributed by atoms with Crippen LogP contribution in [0.5, 0.6) is 0 Å². The van der Waals surface area contributed by atoms with E-state index >= 15 is 0 Å². The highest BCUT2D eigenvalue weighted by molar-refractivity contribution is 7.92. The highest BCUT2D eigenvalue weighted by atomic mass is 32.2. The number of hydrogen-bond donors (Lipinski definition) is 1. The van der Waals surface area contributed by atoms with Crippen molar-refractivity contribution >= 4 is 15.8 Å². The fourth-order valence-electron chi connectivity index (χ4n) is 2.02. The van der Waals surface area contributed by atoms with Crippen LogP contribution >= 0.6 is 0 Å². The summed E-state index contributed by atoms with van der Waals surface area (Å²) in [6, 6.07) is 0.290. The normalized spacial score (nSPS) is 25.6. The third-order valence-electron chi connectivity index (χ3n) is 3.12. The fourth-order valence-corrected chi connectivity index (χ4v) is 3.83. The van der Waals surface area contributed by atoms with Crippen LogP contribution in [-0.4, -0.2) is 45.6 Å². The van der Waals surface area contributed by atoms with E-state index in [4.69, 9.17) is 0 Å².